The second-order valence-electron chi connectivity index (χ2n) is 3.16. The van der Waals surface area contributed by atoms with Gasteiger partial charge >= 0.3 is 12.1 Å². The normalized spacial score (nSPS) is 12.1. The minimum absolute atomic E-state index is 0.0925. The van der Waals surface area contributed by atoms with Crippen LogP contribution in [0, 0.1) is 5.92 Å². The summed E-state index contributed by atoms with van der Waals surface area (Å²) in [5.74, 6) is -0.654. The minimum Gasteiger partial charge on any atom is -0.450 e. The number of carbonyl (C=O) groups is 2. The lowest BCUT2D eigenvalue weighted by molar-refractivity contribution is -0.145. The molecule has 0 aromatic heterocycles. The summed E-state index contributed by atoms with van der Waals surface area (Å²) in [7, 11) is 0. The van der Waals surface area contributed by atoms with Crippen LogP contribution in [0.5, 0.6) is 0 Å². The first-order valence-corrected chi connectivity index (χ1v) is 5.22. The molecular formula is C9H16ClNO4. The van der Waals surface area contributed by atoms with Crippen molar-refractivity contribution in [3.05, 3.63) is 0 Å². The van der Waals surface area contributed by atoms with Crippen molar-refractivity contribution < 1.29 is 19.1 Å². The van der Waals surface area contributed by atoms with E-state index in [9.17, 15) is 9.59 Å². The first-order valence-electron chi connectivity index (χ1n) is 4.68. The van der Waals surface area contributed by atoms with Gasteiger partial charge in [0.15, 0.2) is 6.07 Å². The number of hydrogen-bond acceptors (Lipinski definition) is 4. The molecule has 0 saturated heterocycles. The van der Waals surface area contributed by atoms with Gasteiger partial charge in [0, 0.05) is 0 Å². The number of halogens is 1. The van der Waals surface area contributed by atoms with E-state index in [0.29, 0.717) is 0 Å². The van der Waals surface area contributed by atoms with Crippen LogP contribution >= 0.6 is 11.6 Å². The number of nitrogens with one attached hydrogen (secondary N) is 1. The van der Waals surface area contributed by atoms with E-state index in [4.69, 9.17) is 11.6 Å². The maximum absolute atomic E-state index is 11.3. The zero-order valence-corrected chi connectivity index (χ0v) is 9.84. The molecular weight excluding hydrogens is 222 g/mol. The van der Waals surface area contributed by atoms with E-state index in [2.05, 4.69) is 14.8 Å². The van der Waals surface area contributed by atoms with E-state index in [-0.39, 0.29) is 18.6 Å². The number of alkyl carbamates (subject to hydrolysis) is 1. The van der Waals surface area contributed by atoms with Crippen molar-refractivity contribution in [3.8, 4) is 0 Å². The van der Waals surface area contributed by atoms with Crippen LogP contribution in [-0.4, -0.2) is 30.8 Å². The fourth-order valence-electron chi connectivity index (χ4n) is 0.941. The van der Waals surface area contributed by atoms with Gasteiger partial charge in [0.25, 0.3) is 0 Å². The van der Waals surface area contributed by atoms with E-state index >= 15 is 0 Å². The average Bonchev–Trinajstić information content (AvgIpc) is 2.14. The van der Waals surface area contributed by atoms with E-state index < -0.39 is 18.1 Å². The predicted molar refractivity (Wildman–Crippen MR) is 55.6 cm³/mol. The standard InChI is InChI=1S/C9H16ClNO4/c1-4-14-9(13)11-7(6(2)3)8(12)15-5-10/h6-7H,4-5H2,1-3H3,(H,11,13)/t7-/m0/s1. The third kappa shape index (κ3) is 5.47. The monoisotopic (exact) mass is 237 g/mol. The Kier molecular flexibility index (Phi) is 6.86. The van der Waals surface area contributed by atoms with Gasteiger partial charge in [-0.15, -0.1) is 0 Å². The van der Waals surface area contributed by atoms with E-state index in [1.54, 1.807) is 20.8 Å². The second-order valence-corrected chi connectivity index (χ2v) is 3.38. The van der Waals surface area contributed by atoms with Crippen molar-refractivity contribution in [3.63, 3.8) is 0 Å². The molecule has 5 nitrogen and oxygen atoms in total. The zero-order chi connectivity index (χ0) is 11.8. The zero-order valence-electron chi connectivity index (χ0n) is 9.08. The van der Waals surface area contributed by atoms with Gasteiger partial charge < -0.3 is 14.8 Å². The topological polar surface area (TPSA) is 64.6 Å². The van der Waals surface area contributed by atoms with Crippen LogP contribution < -0.4 is 5.32 Å². The largest absolute Gasteiger partial charge is 0.450 e. The molecule has 6 heteroatoms. The molecule has 0 spiro atoms. The number of hydrogen-bond donors (Lipinski definition) is 1. The fraction of sp³-hybridized carbons (Fsp3) is 0.778. The van der Waals surface area contributed by atoms with Gasteiger partial charge in [-0.2, -0.15) is 0 Å². The van der Waals surface area contributed by atoms with Crippen LogP contribution in [0.4, 0.5) is 4.79 Å². The van der Waals surface area contributed by atoms with Gasteiger partial charge in [-0.3, -0.25) is 0 Å². The molecule has 0 heterocycles. The van der Waals surface area contributed by atoms with Crippen LogP contribution in [0.3, 0.4) is 0 Å². The summed E-state index contributed by atoms with van der Waals surface area (Å²) in [6.07, 6.45) is -0.636. The van der Waals surface area contributed by atoms with Crippen molar-refractivity contribution >= 4 is 23.7 Å². The number of ether oxygens (including phenoxy) is 2. The second kappa shape index (κ2) is 7.34. The lowest BCUT2D eigenvalue weighted by Gasteiger charge is -2.19. The maximum Gasteiger partial charge on any atom is 0.407 e. The van der Waals surface area contributed by atoms with Gasteiger partial charge in [0.1, 0.15) is 6.04 Å². The van der Waals surface area contributed by atoms with E-state index in [1.165, 1.54) is 0 Å². The highest BCUT2D eigenvalue weighted by atomic mass is 35.5. The van der Waals surface area contributed by atoms with Crippen LogP contribution in [0.25, 0.3) is 0 Å². The van der Waals surface area contributed by atoms with E-state index in [0.717, 1.165) is 0 Å². The molecule has 1 N–H and O–H groups in total. The highest BCUT2D eigenvalue weighted by Crippen LogP contribution is 2.04. The van der Waals surface area contributed by atoms with Crippen molar-refractivity contribution in [1.82, 2.24) is 5.32 Å². The molecule has 0 unspecified atom stereocenters. The van der Waals surface area contributed by atoms with Crippen molar-refractivity contribution in [2.24, 2.45) is 5.92 Å². The Labute approximate surface area is 94.1 Å². The average molecular weight is 238 g/mol. The van der Waals surface area contributed by atoms with Gasteiger partial charge in [-0.05, 0) is 12.8 Å². The lowest BCUT2D eigenvalue weighted by atomic mass is 10.1. The summed E-state index contributed by atoms with van der Waals surface area (Å²) in [6.45, 7) is 5.50. The van der Waals surface area contributed by atoms with Gasteiger partial charge in [0.2, 0.25) is 0 Å². The Morgan fingerprint density at radius 2 is 1.93 bits per heavy atom. The summed E-state index contributed by atoms with van der Waals surface area (Å²) in [5, 5.41) is 2.41. The van der Waals surface area contributed by atoms with Gasteiger partial charge in [-0.25, -0.2) is 9.59 Å². The first kappa shape index (κ1) is 14.0. The molecule has 0 aliphatic heterocycles. The van der Waals surface area contributed by atoms with Crippen molar-refractivity contribution in [2.75, 3.05) is 12.7 Å². The number of carbonyl (C=O) groups excluding carboxylic acids is 2. The number of alkyl halides is 1. The summed E-state index contributed by atoms with van der Waals surface area (Å²) >= 11 is 5.26. The summed E-state index contributed by atoms with van der Waals surface area (Å²) in [5.41, 5.74) is 0. The molecule has 1 amide bonds. The Bertz CT molecular complexity index is 220. The van der Waals surface area contributed by atoms with Gasteiger partial charge in [-0.1, -0.05) is 25.4 Å². The quantitative estimate of drug-likeness (QED) is 0.581. The molecule has 15 heavy (non-hydrogen) atoms. The smallest absolute Gasteiger partial charge is 0.407 e. The Hall–Kier alpha value is -0.970. The molecule has 88 valence electrons. The number of esters is 1. The number of rotatable bonds is 5. The number of amides is 1. The van der Waals surface area contributed by atoms with E-state index in [1.807, 2.05) is 0 Å². The molecule has 0 radical (unpaired) electrons. The fourth-order valence-corrected chi connectivity index (χ4v) is 1.05. The Balaban J connectivity index is 4.27. The van der Waals surface area contributed by atoms with Gasteiger partial charge in [0.05, 0.1) is 6.61 Å². The van der Waals surface area contributed by atoms with Crippen LogP contribution in [-0.2, 0) is 14.3 Å². The predicted octanol–water partition coefficient (Wildman–Crippen LogP) is 1.50. The van der Waals surface area contributed by atoms with Crippen LogP contribution in [0.2, 0.25) is 0 Å². The molecule has 0 aromatic carbocycles. The first-order chi connectivity index (χ1) is 7.02. The molecule has 0 saturated carbocycles. The summed E-state index contributed by atoms with van der Waals surface area (Å²) in [4.78, 5) is 22.4. The van der Waals surface area contributed by atoms with Crippen molar-refractivity contribution in [2.45, 2.75) is 26.8 Å². The molecule has 1 atom stereocenters. The summed E-state index contributed by atoms with van der Waals surface area (Å²) < 4.78 is 9.26. The molecule has 0 aliphatic rings. The third-order valence-corrected chi connectivity index (χ3v) is 1.78. The molecule has 0 fully saturated rings. The third-order valence-electron chi connectivity index (χ3n) is 1.67. The highest BCUT2D eigenvalue weighted by molar-refractivity contribution is 6.17. The lowest BCUT2D eigenvalue weighted by Crippen LogP contribution is -2.45. The SMILES string of the molecule is CCOC(=O)N[C@H](C(=O)OCCl)C(C)C. The van der Waals surface area contributed by atoms with Crippen LogP contribution in [0.15, 0.2) is 0 Å². The molecule has 0 aromatic rings. The van der Waals surface area contributed by atoms with Crippen molar-refractivity contribution in [1.29, 1.82) is 0 Å². The summed E-state index contributed by atoms with van der Waals surface area (Å²) in [6, 6.07) is -0.963. The minimum atomic E-state index is -0.734. The Morgan fingerprint density at radius 3 is 2.33 bits per heavy atom. The maximum atomic E-state index is 11.3. The highest BCUT2D eigenvalue weighted by Gasteiger charge is 2.25. The van der Waals surface area contributed by atoms with Crippen LogP contribution in [0.1, 0.15) is 20.8 Å². The molecule has 0 bridgehead atoms. The molecule has 0 rings (SSSR count). The molecule has 0 aliphatic carbocycles. The Morgan fingerprint density at radius 1 is 1.33 bits per heavy atom.